The number of aryl methyl sites for hydroxylation is 1. The Morgan fingerprint density at radius 3 is 2.81 bits per heavy atom. The number of nitrogens with zero attached hydrogens (tertiary/aromatic N) is 3. The molecule has 1 aliphatic carbocycles. The van der Waals surface area contributed by atoms with Gasteiger partial charge in [0.15, 0.2) is 5.82 Å². The summed E-state index contributed by atoms with van der Waals surface area (Å²) in [6.45, 7) is 4.35. The minimum atomic E-state index is -3.72. The summed E-state index contributed by atoms with van der Waals surface area (Å²) in [5.74, 6) is 1.06. The van der Waals surface area contributed by atoms with E-state index in [1.165, 1.54) is 10.4 Å². The standard InChI is InChI=1S/C21H23N3O6S/c1-3-28-21(25)18-12(2)16-10-15(6-7-17(16)29-18)31(26,27)24-9-8-14(11-24)19-22-20(30-23-19)13-4-5-13/h6-7,10,13-14H,3-5,8-9,11H2,1-2H3. The van der Waals surface area contributed by atoms with Gasteiger partial charge in [-0.2, -0.15) is 9.29 Å². The van der Waals surface area contributed by atoms with Crippen LogP contribution in [0.25, 0.3) is 11.0 Å². The highest BCUT2D eigenvalue weighted by Gasteiger charge is 2.37. The minimum absolute atomic E-state index is 0.0826. The van der Waals surface area contributed by atoms with Gasteiger partial charge in [-0.25, -0.2) is 13.2 Å². The summed E-state index contributed by atoms with van der Waals surface area (Å²) in [5, 5.41) is 4.65. The smallest absolute Gasteiger partial charge is 0.374 e. The number of rotatable bonds is 6. The van der Waals surface area contributed by atoms with Crippen molar-refractivity contribution in [3.8, 4) is 0 Å². The topological polar surface area (TPSA) is 116 Å². The number of carbonyl (C=O) groups excluding carboxylic acids is 1. The zero-order chi connectivity index (χ0) is 21.8. The van der Waals surface area contributed by atoms with E-state index in [0.29, 0.717) is 53.7 Å². The molecule has 1 aliphatic heterocycles. The third-order valence-corrected chi connectivity index (χ3v) is 7.77. The Bertz CT molecular complexity index is 1260. The van der Waals surface area contributed by atoms with Crippen LogP contribution in [0.1, 0.15) is 65.9 Å². The quantitative estimate of drug-likeness (QED) is 0.531. The molecule has 1 saturated carbocycles. The molecule has 2 aromatic heterocycles. The molecule has 2 fully saturated rings. The van der Waals surface area contributed by atoms with Crippen molar-refractivity contribution >= 4 is 27.0 Å². The van der Waals surface area contributed by atoms with E-state index in [1.807, 2.05) is 0 Å². The molecule has 0 spiro atoms. The molecule has 0 N–H and O–H groups in total. The molecular formula is C21H23N3O6S. The minimum Gasteiger partial charge on any atom is -0.460 e. The fourth-order valence-electron chi connectivity index (χ4n) is 3.97. The van der Waals surface area contributed by atoms with Crippen molar-refractivity contribution in [1.29, 1.82) is 0 Å². The van der Waals surface area contributed by atoms with Crippen LogP contribution in [0.2, 0.25) is 0 Å². The lowest BCUT2D eigenvalue weighted by atomic mass is 10.1. The monoisotopic (exact) mass is 445 g/mol. The van der Waals surface area contributed by atoms with E-state index in [-0.39, 0.29) is 23.2 Å². The van der Waals surface area contributed by atoms with Crippen molar-refractivity contribution in [2.45, 2.75) is 49.8 Å². The maximum Gasteiger partial charge on any atom is 0.374 e. The first-order valence-electron chi connectivity index (χ1n) is 10.4. The lowest BCUT2D eigenvalue weighted by molar-refractivity contribution is 0.0491. The number of carbonyl (C=O) groups is 1. The number of esters is 1. The molecule has 10 heteroatoms. The van der Waals surface area contributed by atoms with Gasteiger partial charge in [0.1, 0.15) is 5.58 Å². The Morgan fingerprint density at radius 2 is 2.06 bits per heavy atom. The van der Waals surface area contributed by atoms with Crippen LogP contribution in [0.4, 0.5) is 0 Å². The number of sulfonamides is 1. The lowest BCUT2D eigenvalue weighted by Gasteiger charge is -2.16. The van der Waals surface area contributed by atoms with Gasteiger partial charge < -0.3 is 13.7 Å². The van der Waals surface area contributed by atoms with E-state index >= 15 is 0 Å². The Balaban J connectivity index is 1.39. The summed E-state index contributed by atoms with van der Waals surface area (Å²) in [6.07, 6.45) is 2.78. The van der Waals surface area contributed by atoms with Gasteiger partial charge in [0.25, 0.3) is 0 Å². The Kier molecular flexibility index (Phi) is 4.86. The highest BCUT2D eigenvalue weighted by molar-refractivity contribution is 7.89. The molecule has 0 radical (unpaired) electrons. The molecule has 3 heterocycles. The van der Waals surface area contributed by atoms with Crippen molar-refractivity contribution < 1.29 is 26.9 Å². The van der Waals surface area contributed by atoms with Crippen molar-refractivity contribution in [3.05, 3.63) is 41.2 Å². The van der Waals surface area contributed by atoms with Crippen LogP contribution < -0.4 is 0 Å². The SMILES string of the molecule is CCOC(=O)c1oc2ccc(S(=O)(=O)N3CCC(c4noc(C5CC5)n4)C3)cc2c1C. The van der Waals surface area contributed by atoms with E-state index in [0.717, 1.165) is 12.8 Å². The maximum absolute atomic E-state index is 13.3. The molecule has 0 bridgehead atoms. The third-order valence-electron chi connectivity index (χ3n) is 5.91. The van der Waals surface area contributed by atoms with Crippen LogP contribution in [-0.2, 0) is 14.8 Å². The average molecular weight is 445 g/mol. The largest absolute Gasteiger partial charge is 0.460 e. The molecule has 164 valence electrons. The first-order valence-corrected chi connectivity index (χ1v) is 11.9. The zero-order valence-corrected chi connectivity index (χ0v) is 18.1. The van der Waals surface area contributed by atoms with Gasteiger partial charge in [0.2, 0.25) is 21.7 Å². The van der Waals surface area contributed by atoms with Gasteiger partial charge in [0, 0.05) is 35.9 Å². The molecular weight excluding hydrogens is 422 g/mol. The number of ether oxygens (including phenoxy) is 1. The Hall–Kier alpha value is -2.72. The van der Waals surface area contributed by atoms with E-state index in [1.54, 1.807) is 26.0 Å². The van der Waals surface area contributed by atoms with Gasteiger partial charge in [-0.3, -0.25) is 0 Å². The first-order chi connectivity index (χ1) is 14.9. The number of fused-ring (bicyclic) bond motifs is 1. The fraction of sp³-hybridized carbons (Fsp3) is 0.476. The summed E-state index contributed by atoms with van der Waals surface area (Å²) in [5.41, 5.74) is 1.00. The molecule has 0 amide bonds. The predicted molar refractivity (Wildman–Crippen MR) is 109 cm³/mol. The van der Waals surface area contributed by atoms with E-state index in [4.69, 9.17) is 13.7 Å². The summed E-state index contributed by atoms with van der Waals surface area (Å²) in [4.78, 5) is 16.7. The highest BCUT2D eigenvalue weighted by atomic mass is 32.2. The predicted octanol–water partition coefficient (Wildman–Crippen LogP) is 3.36. The van der Waals surface area contributed by atoms with E-state index in [9.17, 15) is 13.2 Å². The van der Waals surface area contributed by atoms with Crippen LogP contribution in [0, 0.1) is 6.92 Å². The van der Waals surface area contributed by atoms with Crippen LogP contribution in [-0.4, -0.2) is 48.5 Å². The molecule has 5 rings (SSSR count). The summed E-state index contributed by atoms with van der Waals surface area (Å²) in [7, 11) is -3.72. The average Bonchev–Trinajstić information content (AvgIpc) is 3.16. The molecule has 1 aromatic carbocycles. The second-order valence-corrected chi connectivity index (χ2v) is 9.99. The fourth-order valence-corrected chi connectivity index (χ4v) is 5.49. The van der Waals surface area contributed by atoms with Crippen LogP contribution in [0.15, 0.2) is 32.0 Å². The van der Waals surface area contributed by atoms with Gasteiger partial charge in [-0.1, -0.05) is 5.16 Å². The van der Waals surface area contributed by atoms with Crippen molar-refractivity contribution in [2.24, 2.45) is 0 Å². The van der Waals surface area contributed by atoms with Crippen LogP contribution in [0.3, 0.4) is 0 Å². The number of hydrogen-bond donors (Lipinski definition) is 0. The second-order valence-electron chi connectivity index (χ2n) is 8.05. The summed E-state index contributed by atoms with van der Waals surface area (Å²) < 4.78 is 43.9. The molecule has 1 unspecified atom stereocenters. The Labute approximate surface area is 179 Å². The van der Waals surface area contributed by atoms with Gasteiger partial charge >= 0.3 is 5.97 Å². The number of hydrogen-bond acceptors (Lipinski definition) is 8. The number of furan rings is 1. The molecule has 1 saturated heterocycles. The zero-order valence-electron chi connectivity index (χ0n) is 17.3. The molecule has 3 aromatic rings. The molecule has 31 heavy (non-hydrogen) atoms. The second kappa shape index (κ2) is 7.45. The van der Waals surface area contributed by atoms with Crippen LogP contribution >= 0.6 is 0 Å². The Morgan fingerprint density at radius 1 is 1.26 bits per heavy atom. The van der Waals surface area contributed by atoms with E-state index < -0.39 is 16.0 Å². The van der Waals surface area contributed by atoms with Crippen molar-refractivity contribution in [2.75, 3.05) is 19.7 Å². The lowest BCUT2D eigenvalue weighted by Crippen LogP contribution is -2.28. The summed E-state index contributed by atoms with van der Waals surface area (Å²) >= 11 is 0. The van der Waals surface area contributed by atoms with Gasteiger partial charge in [-0.05, 0) is 51.3 Å². The first kappa shape index (κ1) is 20.2. The van der Waals surface area contributed by atoms with Gasteiger partial charge in [-0.15, -0.1) is 0 Å². The van der Waals surface area contributed by atoms with Gasteiger partial charge in [0.05, 0.1) is 11.5 Å². The number of benzene rings is 1. The van der Waals surface area contributed by atoms with Crippen molar-refractivity contribution in [3.63, 3.8) is 0 Å². The summed E-state index contributed by atoms with van der Waals surface area (Å²) in [6, 6.07) is 4.63. The maximum atomic E-state index is 13.3. The van der Waals surface area contributed by atoms with E-state index in [2.05, 4.69) is 10.1 Å². The normalized spacial score (nSPS) is 19.9. The van der Waals surface area contributed by atoms with Crippen LogP contribution in [0.5, 0.6) is 0 Å². The molecule has 2 aliphatic rings. The highest BCUT2D eigenvalue weighted by Crippen LogP contribution is 2.40. The number of aromatic nitrogens is 2. The molecule has 1 atom stereocenters. The third kappa shape index (κ3) is 3.53. The molecule has 9 nitrogen and oxygen atoms in total. The van der Waals surface area contributed by atoms with Crippen molar-refractivity contribution in [1.82, 2.24) is 14.4 Å².